The van der Waals surface area contributed by atoms with Crippen molar-refractivity contribution in [2.75, 3.05) is 13.1 Å². The van der Waals surface area contributed by atoms with Gasteiger partial charge in [0.1, 0.15) is 0 Å². The van der Waals surface area contributed by atoms with Crippen molar-refractivity contribution in [3.05, 3.63) is 84.9 Å². The summed E-state index contributed by atoms with van der Waals surface area (Å²) in [5.41, 5.74) is 6.65. The van der Waals surface area contributed by atoms with Gasteiger partial charge in [-0.2, -0.15) is 0 Å². The van der Waals surface area contributed by atoms with Crippen LogP contribution in [0.5, 0.6) is 0 Å². The van der Waals surface area contributed by atoms with Crippen LogP contribution >= 0.6 is 0 Å². The van der Waals surface area contributed by atoms with E-state index >= 15 is 0 Å². The van der Waals surface area contributed by atoms with Crippen LogP contribution in [0, 0.1) is 5.92 Å². The summed E-state index contributed by atoms with van der Waals surface area (Å²) in [4.78, 5) is 4.78. The first-order valence-electron chi connectivity index (χ1n) is 8.20. The molecule has 0 aromatic rings. The predicted octanol–water partition coefficient (Wildman–Crippen LogP) is 4.55. The van der Waals surface area contributed by atoms with Gasteiger partial charge in [0.15, 0.2) is 0 Å². The highest BCUT2D eigenvalue weighted by molar-refractivity contribution is 5.63. The maximum absolute atomic E-state index is 4.36. The van der Waals surface area contributed by atoms with Gasteiger partial charge in [0.2, 0.25) is 0 Å². The topological polar surface area (TPSA) is 6.48 Å². The van der Waals surface area contributed by atoms with E-state index in [2.05, 4.69) is 62.7 Å². The molecular formula is C21H26N2. The molecule has 2 fully saturated rings. The Kier molecular flexibility index (Phi) is 3.51. The Hall–Kier alpha value is -2.22. The number of likely N-dealkylation sites (N-methyl/N-ethyl adjacent to an activating group) is 1. The number of nitrogens with zero attached hydrogens (tertiary/aromatic N) is 2. The number of hydrogen-bond donors (Lipinski definition) is 0. The second-order valence-electron chi connectivity index (χ2n) is 6.77. The quantitative estimate of drug-likeness (QED) is 0.703. The molecule has 0 aromatic carbocycles. The summed E-state index contributed by atoms with van der Waals surface area (Å²) < 4.78 is 0. The van der Waals surface area contributed by atoms with E-state index < -0.39 is 0 Å². The first-order valence-corrected chi connectivity index (χ1v) is 8.20. The monoisotopic (exact) mass is 306 g/mol. The van der Waals surface area contributed by atoms with Gasteiger partial charge in [-0.05, 0) is 31.4 Å². The molecule has 23 heavy (non-hydrogen) atoms. The Morgan fingerprint density at radius 2 is 2.04 bits per heavy atom. The summed E-state index contributed by atoms with van der Waals surface area (Å²) in [6.07, 6.45) is 7.10. The Balaban J connectivity index is 2.19. The summed E-state index contributed by atoms with van der Waals surface area (Å²) in [6, 6.07) is 0. The van der Waals surface area contributed by atoms with Crippen molar-refractivity contribution in [1.82, 2.24) is 9.80 Å². The maximum Gasteiger partial charge on any atom is 0.0723 e. The lowest BCUT2D eigenvalue weighted by atomic mass is 9.89. The van der Waals surface area contributed by atoms with Crippen LogP contribution in [0.4, 0.5) is 0 Å². The van der Waals surface area contributed by atoms with Crippen molar-refractivity contribution in [3.63, 3.8) is 0 Å². The lowest BCUT2D eigenvalue weighted by molar-refractivity contribution is 0.167. The fraction of sp³-hybridized carbons (Fsp3) is 0.333. The van der Waals surface area contributed by atoms with Crippen molar-refractivity contribution >= 4 is 0 Å². The zero-order valence-electron chi connectivity index (χ0n) is 14.4. The van der Waals surface area contributed by atoms with Gasteiger partial charge >= 0.3 is 0 Å². The molecule has 0 bridgehead atoms. The van der Waals surface area contributed by atoms with E-state index in [-0.39, 0.29) is 5.54 Å². The van der Waals surface area contributed by atoms with E-state index in [1.54, 1.807) is 0 Å². The zero-order valence-corrected chi connectivity index (χ0v) is 14.4. The number of rotatable bonds is 4. The van der Waals surface area contributed by atoms with Crippen LogP contribution in [-0.4, -0.2) is 28.4 Å². The SMILES string of the molecule is C=CC1=CN2C(=C(C=C)C1=C)C(=C)N(CC)CC21CC1C(=C)C. The van der Waals surface area contributed by atoms with Crippen LogP contribution in [0.3, 0.4) is 0 Å². The largest absolute Gasteiger partial charge is 0.368 e. The smallest absolute Gasteiger partial charge is 0.0723 e. The van der Waals surface area contributed by atoms with Gasteiger partial charge in [0.05, 0.1) is 16.9 Å². The molecule has 1 spiro atoms. The van der Waals surface area contributed by atoms with Gasteiger partial charge in [0.25, 0.3) is 0 Å². The van der Waals surface area contributed by atoms with Crippen molar-refractivity contribution in [1.29, 1.82) is 0 Å². The Morgan fingerprint density at radius 3 is 2.52 bits per heavy atom. The van der Waals surface area contributed by atoms with Crippen LogP contribution in [0.1, 0.15) is 20.3 Å². The minimum absolute atomic E-state index is 0.0849. The van der Waals surface area contributed by atoms with Gasteiger partial charge < -0.3 is 9.80 Å². The van der Waals surface area contributed by atoms with Crippen molar-refractivity contribution in [3.8, 4) is 0 Å². The van der Waals surface area contributed by atoms with Crippen molar-refractivity contribution in [2.24, 2.45) is 5.92 Å². The van der Waals surface area contributed by atoms with E-state index in [1.807, 2.05) is 12.2 Å². The number of allylic oxidation sites excluding steroid dienone is 5. The summed E-state index contributed by atoms with van der Waals surface area (Å²) in [7, 11) is 0. The zero-order chi connectivity index (χ0) is 16.9. The number of hydrogen-bond acceptors (Lipinski definition) is 2. The minimum Gasteiger partial charge on any atom is -0.368 e. The van der Waals surface area contributed by atoms with Crippen LogP contribution in [0.25, 0.3) is 0 Å². The fourth-order valence-corrected chi connectivity index (χ4v) is 4.07. The molecule has 2 atom stereocenters. The third-order valence-corrected chi connectivity index (χ3v) is 5.48. The van der Waals surface area contributed by atoms with E-state index in [0.717, 1.165) is 47.6 Å². The highest BCUT2D eigenvalue weighted by Gasteiger charge is 2.62. The second kappa shape index (κ2) is 5.16. The summed E-state index contributed by atoms with van der Waals surface area (Å²) >= 11 is 0. The molecule has 2 heterocycles. The average Bonchev–Trinajstić information content (AvgIpc) is 3.26. The van der Waals surface area contributed by atoms with Gasteiger partial charge in [0, 0.05) is 30.8 Å². The molecule has 0 radical (unpaired) electrons. The van der Waals surface area contributed by atoms with E-state index in [1.165, 1.54) is 5.57 Å². The summed E-state index contributed by atoms with van der Waals surface area (Å²) in [5.74, 6) is 0.513. The first-order chi connectivity index (χ1) is 10.9. The molecule has 1 aliphatic carbocycles. The molecule has 120 valence electrons. The molecule has 1 saturated carbocycles. The molecule has 2 nitrogen and oxygen atoms in total. The van der Waals surface area contributed by atoms with Crippen LogP contribution in [-0.2, 0) is 0 Å². The Labute approximate surface area is 140 Å². The highest BCUT2D eigenvalue weighted by atomic mass is 15.4. The Bertz CT molecular complexity index is 703. The standard InChI is InChI=1S/C21H26N2/c1-8-17-12-23-20(18(9-2)15(17)6)16(7)22(10-3)13-21(23)11-19(21)14(4)5/h8-9,12,19H,1-2,4,6-7,10-11,13H2,3,5H3. The number of piperazine rings is 1. The molecular weight excluding hydrogens is 280 g/mol. The number of fused-ring (bicyclic) bond motifs is 2. The lowest BCUT2D eigenvalue weighted by Gasteiger charge is -2.49. The van der Waals surface area contributed by atoms with E-state index in [0.29, 0.717) is 5.92 Å². The van der Waals surface area contributed by atoms with Crippen molar-refractivity contribution < 1.29 is 0 Å². The minimum atomic E-state index is 0.0849. The molecule has 2 heteroatoms. The lowest BCUT2D eigenvalue weighted by Crippen LogP contribution is -2.52. The second-order valence-corrected chi connectivity index (χ2v) is 6.77. The molecule has 0 amide bonds. The van der Waals surface area contributed by atoms with Crippen LogP contribution < -0.4 is 0 Å². The Morgan fingerprint density at radius 1 is 1.35 bits per heavy atom. The summed E-state index contributed by atoms with van der Waals surface area (Å²) in [6.45, 7) is 27.0. The molecule has 1 saturated heterocycles. The molecule has 0 aromatic heterocycles. The molecule has 3 aliphatic rings. The normalized spacial score (nSPS) is 29.5. The van der Waals surface area contributed by atoms with Gasteiger partial charge in [-0.3, -0.25) is 0 Å². The highest BCUT2D eigenvalue weighted by Crippen LogP contribution is 2.59. The average molecular weight is 306 g/mol. The van der Waals surface area contributed by atoms with Gasteiger partial charge in [-0.15, -0.1) is 0 Å². The molecule has 2 aliphatic heterocycles. The van der Waals surface area contributed by atoms with Crippen LogP contribution in [0.2, 0.25) is 0 Å². The third-order valence-electron chi connectivity index (χ3n) is 5.48. The fourth-order valence-electron chi connectivity index (χ4n) is 4.07. The molecule has 2 unspecified atom stereocenters. The third kappa shape index (κ3) is 2.01. The molecule has 0 N–H and O–H groups in total. The van der Waals surface area contributed by atoms with Crippen LogP contribution in [0.15, 0.2) is 84.9 Å². The van der Waals surface area contributed by atoms with Gasteiger partial charge in [-0.25, -0.2) is 0 Å². The van der Waals surface area contributed by atoms with Crippen molar-refractivity contribution in [2.45, 2.75) is 25.8 Å². The van der Waals surface area contributed by atoms with E-state index in [4.69, 9.17) is 0 Å². The first kappa shape index (κ1) is 15.7. The van der Waals surface area contributed by atoms with Gasteiger partial charge in [-0.1, -0.05) is 50.6 Å². The van der Waals surface area contributed by atoms with E-state index in [9.17, 15) is 0 Å². The summed E-state index contributed by atoms with van der Waals surface area (Å²) in [5, 5.41) is 0. The predicted molar refractivity (Wildman–Crippen MR) is 98.5 cm³/mol. The maximum atomic E-state index is 4.36. The molecule has 3 rings (SSSR count).